The molecule has 0 saturated heterocycles. The van der Waals surface area contributed by atoms with Crippen molar-refractivity contribution < 1.29 is 14.5 Å². The second-order valence-corrected chi connectivity index (χ2v) is 5.11. The minimum absolute atomic E-state index is 0.0603. The maximum Gasteiger partial charge on any atom is 0.270 e. The lowest BCUT2D eigenvalue weighted by Gasteiger charge is -2.10. The molecule has 0 aliphatic rings. The van der Waals surface area contributed by atoms with Crippen LogP contribution in [0, 0.1) is 13.7 Å². The summed E-state index contributed by atoms with van der Waals surface area (Å²) >= 11 is 1.88. The molecule has 21 heavy (non-hydrogen) atoms. The van der Waals surface area contributed by atoms with Gasteiger partial charge in [0.1, 0.15) is 11.4 Å². The van der Waals surface area contributed by atoms with E-state index in [0.29, 0.717) is 20.6 Å². The van der Waals surface area contributed by atoms with Crippen LogP contribution in [0.25, 0.3) is 0 Å². The molecule has 0 bridgehead atoms. The molecule has 0 unspecified atom stereocenters. The zero-order valence-corrected chi connectivity index (χ0v) is 13.0. The minimum Gasteiger partial charge on any atom is -0.494 e. The van der Waals surface area contributed by atoms with Gasteiger partial charge in [-0.1, -0.05) is 0 Å². The Kier molecular flexibility index (Phi) is 4.68. The van der Waals surface area contributed by atoms with E-state index in [1.165, 1.54) is 31.5 Å². The number of hydrogen-bond acceptors (Lipinski definition) is 5. The van der Waals surface area contributed by atoms with Crippen molar-refractivity contribution in [3.8, 4) is 5.75 Å². The second kappa shape index (κ2) is 6.48. The first-order valence-electron chi connectivity index (χ1n) is 5.76. The van der Waals surface area contributed by atoms with E-state index >= 15 is 0 Å². The molecule has 0 saturated carbocycles. The number of nitrogens with one attached hydrogen (secondary N) is 1. The van der Waals surface area contributed by atoms with E-state index in [-0.39, 0.29) is 11.6 Å². The van der Waals surface area contributed by atoms with E-state index < -0.39 is 4.92 Å². The Morgan fingerprint density at radius 1 is 1.43 bits per heavy atom. The van der Waals surface area contributed by atoms with Crippen molar-refractivity contribution in [2.45, 2.75) is 0 Å². The van der Waals surface area contributed by atoms with Gasteiger partial charge in [0.2, 0.25) is 0 Å². The summed E-state index contributed by atoms with van der Waals surface area (Å²) in [5, 5.41) is 13.4. The third kappa shape index (κ3) is 3.45. The van der Waals surface area contributed by atoms with Crippen LogP contribution in [-0.2, 0) is 0 Å². The Bertz CT molecular complexity index is 706. The minimum atomic E-state index is -0.506. The van der Waals surface area contributed by atoms with E-state index in [4.69, 9.17) is 4.74 Å². The van der Waals surface area contributed by atoms with Crippen LogP contribution in [-0.4, -0.2) is 22.9 Å². The number of ether oxygens (including phenoxy) is 1. The van der Waals surface area contributed by atoms with Gasteiger partial charge in [-0.05, 0) is 28.7 Å². The van der Waals surface area contributed by atoms with Gasteiger partial charge in [-0.15, -0.1) is 0 Å². The smallest absolute Gasteiger partial charge is 0.270 e. The molecule has 1 heterocycles. The summed E-state index contributed by atoms with van der Waals surface area (Å²) < 4.78 is 5.61. The largest absolute Gasteiger partial charge is 0.494 e. The van der Waals surface area contributed by atoms with E-state index in [2.05, 4.69) is 10.3 Å². The maximum atomic E-state index is 12.2. The molecular weight excluding hydrogens is 389 g/mol. The quantitative estimate of drug-likeness (QED) is 0.485. The lowest BCUT2D eigenvalue weighted by Crippen LogP contribution is -2.14. The molecule has 1 N–H and O–H groups in total. The third-order valence-corrected chi connectivity index (χ3v) is 3.55. The first kappa shape index (κ1) is 15.2. The normalized spacial score (nSPS) is 10.0. The summed E-state index contributed by atoms with van der Waals surface area (Å²) in [5.41, 5.74) is 0.709. The van der Waals surface area contributed by atoms with Crippen LogP contribution < -0.4 is 10.1 Å². The highest BCUT2D eigenvalue weighted by Gasteiger charge is 2.16. The van der Waals surface area contributed by atoms with Crippen molar-refractivity contribution in [3.05, 3.63) is 55.9 Å². The molecule has 8 heteroatoms. The number of non-ortho nitro benzene ring substituents is 1. The van der Waals surface area contributed by atoms with Gasteiger partial charge in [-0.25, -0.2) is 0 Å². The van der Waals surface area contributed by atoms with Gasteiger partial charge in [0, 0.05) is 28.0 Å². The molecule has 1 aromatic heterocycles. The van der Waals surface area contributed by atoms with Crippen molar-refractivity contribution in [2.24, 2.45) is 0 Å². The Labute approximate surface area is 133 Å². The first-order valence-corrected chi connectivity index (χ1v) is 6.84. The highest BCUT2D eigenvalue weighted by molar-refractivity contribution is 14.1. The molecule has 0 spiro atoms. The molecule has 7 nitrogen and oxygen atoms in total. The van der Waals surface area contributed by atoms with Gasteiger partial charge in [0.05, 0.1) is 23.8 Å². The summed E-state index contributed by atoms with van der Waals surface area (Å²) in [6.45, 7) is 0. The Morgan fingerprint density at radius 3 is 2.81 bits per heavy atom. The number of nitrogens with zero attached hydrogens (tertiary/aromatic N) is 2. The Balaban J connectivity index is 2.26. The van der Waals surface area contributed by atoms with Gasteiger partial charge in [0.15, 0.2) is 0 Å². The SMILES string of the molecule is COc1ccncc1NC(=O)c1ccc([N+](=O)[O-])cc1I. The zero-order chi connectivity index (χ0) is 15.4. The molecule has 1 amide bonds. The van der Waals surface area contributed by atoms with Crippen LogP contribution >= 0.6 is 22.6 Å². The first-order chi connectivity index (χ1) is 10.0. The fourth-order valence-electron chi connectivity index (χ4n) is 1.64. The lowest BCUT2D eigenvalue weighted by molar-refractivity contribution is -0.384. The number of halogens is 1. The average Bonchev–Trinajstić information content (AvgIpc) is 2.47. The van der Waals surface area contributed by atoms with E-state index in [0.717, 1.165) is 0 Å². The number of rotatable bonds is 4. The van der Waals surface area contributed by atoms with Crippen LogP contribution in [0.15, 0.2) is 36.7 Å². The zero-order valence-electron chi connectivity index (χ0n) is 10.9. The molecule has 0 aliphatic heterocycles. The maximum absolute atomic E-state index is 12.2. The molecule has 2 rings (SSSR count). The number of benzene rings is 1. The molecule has 108 valence electrons. The van der Waals surface area contributed by atoms with Crippen LogP contribution in [0.5, 0.6) is 5.75 Å². The van der Waals surface area contributed by atoms with Gasteiger partial charge in [-0.3, -0.25) is 19.9 Å². The standard InChI is InChI=1S/C13H10IN3O4/c1-21-12-4-5-15-7-11(12)16-13(18)9-3-2-8(17(19)20)6-10(9)14/h2-7H,1H3,(H,16,18). The van der Waals surface area contributed by atoms with Crippen LogP contribution in [0.2, 0.25) is 0 Å². The van der Waals surface area contributed by atoms with E-state index in [1.54, 1.807) is 12.3 Å². The highest BCUT2D eigenvalue weighted by Crippen LogP contribution is 2.24. The average molecular weight is 399 g/mol. The Hall–Kier alpha value is -2.23. The van der Waals surface area contributed by atoms with Gasteiger partial charge in [0.25, 0.3) is 11.6 Å². The van der Waals surface area contributed by atoms with Crippen LogP contribution in [0.3, 0.4) is 0 Å². The fraction of sp³-hybridized carbons (Fsp3) is 0.0769. The van der Waals surface area contributed by atoms with Crippen LogP contribution in [0.4, 0.5) is 11.4 Å². The number of anilines is 1. The monoisotopic (exact) mass is 399 g/mol. The van der Waals surface area contributed by atoms with E-state index in [9.17, 15) is 14.9 Å². The number of carbonyl (C=O) groups excluding carboxylic acids is 1. The van der Waals surface area contributed by atoms with E-state index in [1.807, 2.05) is 22.6 Å². The number of pyridine rings is 1. The molecular formula is C13H10IN3O4. The van der Waals surface area contributed by atoms with Crippen molar-refractivity contribution in [1.29, 1.82) is 0 Å². The number of nitro benzene ring substituents is 1. The number of carbonyl (C=O) groups is 1. The predicted octanol–water partition coefficient (Wildman–Crippen LogP) is 2.86. The Morgan fingerprint density at radius 2 is 2.19 bits per heavy atom. The summed E-state index contributed by atoms with van der Waals surface area (Å²) in [5.74, 6) is 0.0934. The van der Waals surface area contributed by atoms with Crippen molar-refractivity contribution in [2.75, 3.05) is 12.4 Å². The molecule has 0 aliphatic carbocycles. The predicted molar refractivity (Wildman–Crippen MR) is 84.6 cm³/mol. The lowest BCUT2D eigenvalue weighted by atomic mass is 10.2. The number of nitro groups is 1. The number of hydrogen-bond donors (Lipinski definition) is 1. The summed E-state index contributed by atoms with van der Waals surface area (Å²) in [4.78, 5) is 26.3. The topological polar surface area (TPSA) is 94.4 Å². The number of amides is 1. The fourth-order valence-corrected chi connectivity index (χ4v) is 2.39. The van der Waals surface area contributed by atoms with Gasteiger partial charge < -0.3 is 10.1 Å². The van der Waals surface area contributed by atoms with Gasteiger partial charge in [-0.2, -0.15) is 0 Å². The van der Waals surface area contributed by atoms with Crippen molar-refractivity contribution in [1.82, 2.24) is 4.98 Å². The molecule has 0 fully saturated rings. The molecule has 0 radical (unpaired) electrons. The summed E-state index contributed by atoms with van der Waals surface area (Å²) in [7, 11) is 1.49. The van der Waals surface area contributed by atoms with Crippen molar-refractivity contribution in [3.63, 3.8) is 0 Å². The summed E-state index contributed by atoms with van der Waals surface area (Å²) in [6, 6.07) is 5.67. The molecule has 2 aromatic rings. The summed E-state index contributed by atoms with van der Waals surface area (Å²) in [6.07, 6.45) is 3.01. The highest BCUT2D eigenvalue weighted by atomic mass is 127. The number of aromatic nitrogens is 1. The third-order valence-electron chi connectivity index (χ3n) is 2.66. The van der Waals surface area contributed by atoms with Crippen LogP contribution in [0.1, 0.15) is 10.4 Å². The number of methoxy groups -OCH3 is 1. The molecule has 0 atom stereocenters. The van der Waals surface area contributed by atoms with Gasteiger partial charge >= 0.3 is 0 Å². The molecule has 1 aromatic carbocycles. The van der Waals surface area contributed by atoms with Crippen molar-refractivity contribution >= 4 is 39.9 Å². The second-order valence-electron chi connectivity index (χ2n) is 3.95.